The van der Waals surface area contributed by atoms with Gasteiger partial charge in [0.1, 0.15) is 0 Å². The number of piperazine rings is 1. The molecule has 2 N–H and O–H groups in total. The second-order valence-electron chi connectivity index (χ2n) is 6.22. The molecule has 25 heavy (non-hydrogen) atoms. The topological polar surface area (TPSA) is 64.7 Å². The fraction of sp³-hybridized carbons (Fsp3) is 0.529. The number of carbonyl (C=O) groups excluding carboxylic acids is 2. The fourth-order valence-corrected chi connectivity index (χ4v) is 2.81. The smallest absolute Gasteiger partial charge is 0.240 e. The Labute approximate surface area is 160 Å². The number of nitrogens with one attached hydrogen (secondary N) is 2. The Kier molecular flexibility index (Phi) is 9.21. The third-order valence-electron chi connectivity index (χ3n) is 3.97. The molecule has 6 nitrogen and oxygen atoms in total. The van der Waals surface area contributed by atoms with Crippen molar-refractivity contribution in [2.45, 2.75) is 19.0 Å². The molecule has 1 fully saturated rings. The average Bonchev–Trinajstić information content (AvgIpc) is 2.53. The minimum absolute atomic E-state index is 0. The largest absolute Gasteiger partial charge is 0.355 e. The van der Waals surface area contributed by atoms with Gasteiger partial charge < -0.3 is 20.4 Å². The first-order chi connectivity index (χ1) is 11.5. The van der Waals surface area contributed by atoms with E-state index >= 15 is 0 Å². The molecule has 2 rings (SSSR count). The summed E-state index contributed by atoms with van der Waals surface area (Å²) in [5, 5.41) is 6.63. The quantitative estimate of drug-likeness (QED) is 0.734. The predicted octanol–water partition coefficient (Wildman–Crippen LogP) is 1.13. The first kappa shape index (κ1) is 21.7. The Morgan fingerprint density at radius 2 is 2.12 bits per heavy atom. The maximum atomic E-state index is 12.6. The third-order valence-corrected chi connectivity index (χ3v) is 4.34. The van der Waals surface area contributed by atoms with E-state index in [-0.39, 0.29) is 30.6 Å². The van der Waals surface area contributed by atoms with Crippen molar-refractivity contribution in [3.8, 4) is 0 Å². The van der Waals surface area contributed by atoms with E-state index in [2.05, 4.69) is 10.6 Å². The molecule has 0 aromatic heterocycles. The Bertz CT molecular complexity index is 584. The van der Waals surface area contributed by atoms with Crippen molar-refractivity contribution in [1.82, 2.24) is 20.4 Å². The summed E-state index contributed by atoms with van der Waals surface area (Å²) in [5.74, 6) is -0.161. The lowest BCUT2D eigenvalue weighted by atomic mass is 10.1. The molecule has 1 aromatic rings. The fourth-order valence-electron chi connectivity index (χ4n) is 2.62. The van der Waals surface area contributed by atoms with Crippen LogP contribution >= 0.6 is 24.0 Å². The molecular weight excluding hydrogens is 363 g/mol. The van der Waals surface area contributed by atoms with Crippen molar-refractivity contribution < 1.29 is 9.59 Å². The highest BCUT2D eigenvalue weighted by molar-refractivity contribution is 6.31. The first-order valence-electron chi connectivity index (χ1n) is 8.14. The van der Waals surface area contributed by atoms with Gasteiger partial charge in [-0.15, -0.1) is 12.4 Å². The summed E-state index contributed by atoms with van der Waals surface area (Å²) in [5.41, 5.74) is 0.920. The van der Waals surface area contributed by atoms with E-state index in [1.807, 2.05) is 43.3 Å². The zero-order chi connectivity index (χ0) is 17.5. The minimum Gasteiger partial charge on any atom is -0.355 e. The monoisotopic (exact) mass is 388 g/mol. The maximum Gasteiger partial charge on any atom is 0.240 e. The summed E-state index contributed by atoms with van der Waals surface area (Å²) in [7, 11) is 3.90. The van der Waals surface area contributed by atoms with Crippen LogP contribution in [0.5, 0.6) is 0 Å². The molecule has 0 aliphatic carbocycles. The van der Waals surface area contributed by atoms with Crippen LogP contribution in [-0.4, -0.2) is 67.9 Å². The molecule has 1 aliphatic rings. The average molecular weight is 389 g/mol. The summed E-state index contributed by atoms with van der Waals surface area (Å²) >= 11 is 6.17. The molecule has 0 bridgehead atoms. The van der Waals surface area contributed by atoms with Gasteiger partial charge in [0.15, 0.2) is 0 Å². The number of hydrogen-bond acceptors (Lipinski definition) is 4. The first-order valence-corrected chi connectivity index (χ1v) is 8.52. The van der Waals surface area contributed by atoms with Gasteiger partial charge in [-0.3, -0.25) is 9.59 Å². The lowest BCUT2D eigenvalue weighted by Crippen LogP contribution is -2.56. The van der Waals surface area contributed by atoms with Crippen LogP contribution in [0.25, 0.3) is 0 Å². The Morgan fingerprint density at radius 1 is 1.40 bits per heavy atom. The summed E-state index contributed by atoms with van der Waals surface area (Å²) in [6.45, 7) is 3.11. The van der Waals surface area contributed by atoms with Crippen LogP contribution in [0.1, 0.15) is 12.0 Å². The van der Waals surface area contributed by atoms with Gasteiger partial charge in [0.25, 0.3) is 0 Å². The lowest BCUT2D eigenvalue weighted by Gasteiger charge is -2.33. The van der Waals surface area contributed by atoms with E-state index in [1.165, 1.54) is 0 Å². The number of halogens is 2. The Morgan fingerprint density at radius 3 is 2.80 bits per heavy atom. The van der Waals surface area contributed by atoms with E-state index < -0.39 is 6.04 Å². The van der Waals surface area contributed by atoms with Gasteiger partial charge in [-0.2, -0.15) is 0 Å². The van der Waals surface area contributed by atoms with E-state index in [0.29, 0.717) is 31.2 Å². The van der Waals surface area contributed by atoms with E-state index in [1.54, 1.807) is 4.90 Å². The van der Waals surface area contributed by atoms with Crippen molar-refractivity contribution in [2.24, 2.45) is 0 Å². The second-order valence-corrected chi connectivity index (χ2v) is 6.62. The standard InChI is InChI=1S/C17H25ClN4O2.ClH/c1-21(2)9-7-20-16(23)11-15-17(24)22(10-8-19-15)12-13-5-3-4-6-14(13)18;/h3-6,15,19H,7-12H2,1-2H3,(H,20,23);1H. The van der Waals surface area contributed by atoms with Crippen LogP contribution in [0.2, 0.25) is 5.02 Å². The SMILES string of the molecule is CN(C)CCNC(=O)CC1NCCN(Cc2ccccc2Cl)C1=O.Cl. The van der Waals surface area contributed by atoms with Crippen LogP contribution < -0.4 is 10.6 Å². The zero-order valence-electron chi connectivity index (χ0n) is 14.6. The van der Waals surface area contributed by atoms with Gasteiger partial charge >= 0.3 is 0 Å². The summed E-state index contributed by atoms with van der Waals surface area (Å²) in [4.78, 5) is 28.3. The van der Waals surface area contributed by atoms with Gasteiger partial charge in [0, 0.05) is 37.7 Å². The highest BCUT2D eigenvalue weighted by atomic mass is 35.5. The Balaban J connectivity index is 0.00000312. The molecule has 2 amide bonds. The van der Waals surface area contributed by atoms with Crippen molar-refractivity contribution in [2.75, 3.05) is 40.3 Å². The van der Waals surface area contributed by atoms with Gasteiger partial charge in [-0.05, 0) is 25.7 Å². The van der Waals surface area contributed by atoms with Gasteiger partial charge in [0.05, 0.1) is 12.5 Å². The highest BCUT2D eigenvalue weighted by Crippen LogP contribution is 2.18. The second kappa shape index (κ2) is 10.6. The van der Waals surface area contributed by atoms with Crippen LogP contribution in [0, 0.1) is 0 Å². The molecule has 1 aromatic carbocycles. The number of carbonyl (C=O) groups is 2. The van der Waals surface area contributed by atoms with E-state index in [4.69, 9.17) is 11.6 Å². The van der Waals surface area contributed by atoms with Crippen molar-refractivity contribution >= 4 is 35.8 Å². The molecule has 0 spiro atoms. The van der Waals surface area contributed by atoms with Crippen molar-refractivity contribution in [3.63, 3.8) is 0 Å². The van der Waals surface area contributed by atoms with Gasteiger partial charge in [-0.25, -0.2) is 0 Å². The Hall–Kier alpha value is -1.34. The van der Waals surface area contributed by atoms with Crippen LogP contribution in [0.3, 0.4) is 0 Å². The van der Waals surface area contributed by atoms with Crippen LogP contribution in [0.15, 0.2) is 24.3 Å². The molecule has 1 atom stereocenters. The molecule has 1 heterocycles. The highest BCUT2D eigenvalue weighted by Gasteiger charge is 2.30. The summed E-state index contributed by atoms with van der Waals surface area (Å²) in [6, 6.07) is 7.04. The maximum absolute atomic E-state index is 12.6. The lowest BCUT2D eigenvalue weighted by molar-refractivity contribution is -0.138. The molecule has 140 valence electrons. The molecule has 1 aliphatic heterocycles. The number of hydrogen-bond donors (Lipinski definition) is 2. The van der Waals surface area contributed by atoms with Crippen molar-refractivity contribution in [1.29, 1.82) is 0 Å². The molecular formula is C17H26Cl2N4O2. The van der Waals surface area contributed by atoms with E-state index in [9.17, 15) is 9.59 Å². The zero-order valence-corrected chi connectivity index (χ0v) is 16.2. The number of amides is 2. The van der Waals surface area contributed by atoms with Crippen LogP contribution in [0.4, 0.5) is 0 Å². The molecule has 1 saturated heterocycles. The van der Waals surface area contributed by atoms with E-state index in [0.717, 1.165) is 12.1 Å². The van der Waals surface area contributed by atoms with Crippen LogP contribution in [-0.2, 0) is 16.1 Å². The molecule has 1 unspecified atom stereocenters. The van der Waals surface area contributed by atoms with Gasteiger partial charge in [-0.1, -0.05) is 29.8 Å². The summed E-state index contributed by atoms with van der Waals surface area (Å²) < 4.78 is 0. The molecule has 0 saturated carbocycles. The normalized spacial score (nSPS) is 17.4. The van der Waals surface area contributed by atoms with Crippen molar-refractivity contribution in [3.05, 3.63) is 34.9 Å². The number of rotatable bonds is 7. The number of likely N-dealkylation sites (N-methyl/N-ethyl adjacent to an activating group) is 1. The van der Waals surface area contributed by atoms with Gasteiger partial charge in [0.2, 0.25) is 11.8 Å². The number of benzene rings is 1. The third kappa shape index (κ3) is 6.82. The molecule has 0 radical (unpaired) electrons. The summed E-state index contributed by atoms with van der Waals surface area (Å²) in [6.07, 6.45) is 0.158. The minimum atomic E-state index is -0.472. The number of nitrogens with zero attached hydrogens (tertiary/aromatic N) is 2. The predicted molar refractivity (Wildman–Crippen MR) is 102 cm³/mol. The molecule has 8 heteroatoms.